The minimum atomic E-state index is -2.50. The monoisotopic (exact) mass is 274 g/mol. The number of hydrogen-bond acceptors (Lipinski definition) is 4. The van der Waals surface area contributed by atoms with Crippen LogP contribution in [0.4, 0.5) is 0 Å². The van der Waals surface area contributed by atoms with Gasteiger partial charge in [0.1, 0.15) is 11.0 Å². The van der Waals surface area contributed by atoms with Crippen molar-refractivity contribution in [2.75, 3.05) is 21.3 Å². The van der Waals surface area contributed by atoms with Gasteiger partial charge >= 0.3 is 8.56 Å². The predicted molar refractivity (Wildman–Crippen MR) is 72.6 cm³/mol. The lowest BCUT2D eigenvalue weighted by molar-refractivity contribution is -0.132. The lowest BCUT2D eigenvalue weighted by Crippen LogP contribution is -2.69. The van der Waals surface area contributed by atoms with Gasteiger partial charge in [-0.1, -0.05) is 19.8 Å². The van der Waals surface area contributed by atoms with E-state index in [2.05, 4.69) is 6.92 Å². The predicted octanol–water partition coefficient (Wildman–Crippen LogP) is 2.44. The maximum Gasteiger partial charge on any atom is 0.371 e. The molecule has 1 heterocycles. The maximum absolute atomic E-state index is 12.0. The third-order valence-electron chi connectivity index (χ3n) is 4.34. The third kappa shape index (κ3) is 2.29. The summed E-state index contributed by atoms with van der Waals surface area (Å²) in [5, 5.41) is -0.532. The fourth-order valence-corrected chi connectivity index (χ4v) is 7.73. The number of hydrogen-bond donors (Lipinski definition) is 0. The summed E-state index contributed by atoms with van der Waals surface area (Å²) < 4.78 is 17.5. The molecule has 106 valence electrons. The van der Waals surface area contributed by atoms with Gasteiger partial charge in [0.05, 0.1) is 0 Å². The zero-order valence-electron chi connectivity index (χ0n) is 12.2. The lowest BCUT2D eigenvalue weighted by atomic mass is 9.89. The number of ketones is 1. The molecular formula is C13H26O4Si. The fourth-order valence-electron chi connectivity index (χ4n) is 3.55. The standard InChI is InChI=1S/C13H26O4Si/c1-6-9-13(15-3)12(11(2)14)8-7-10-18(13,16-4)17-5/h12H,6-10H2,1-5H3. The van der Waals surface area contributed by atoms with E-state index in [9.17, 15) is 4.79 Å². The molecule has 1 fully saturated rings. The first-order valence-corrected chi connectivity index (χ1v) is 8.71. The Morgan fingerprint density at radius 2 is 1.94 bits per heavy atom. The van der Waals surface area contributed by atoms with Crippen LogP contribution in [-0.2, 0) is 18.4 Å². The van der Waals surface area contributed by atoms with Crippen LogP contribution in [0.25, 0.3) is 0 Å². The summed E-state index contributed by atoms with van der Waals surface area (Å²) in [5.74, 6) is 0.0961. The first-order valence-electron chi connectivity index (χ1n) is 6.69. The minimum Gasteiger partial charge on any atom is -0.396 e. The van der Waals surface area contributed by atoms with E-state index >= 15 is 0 Å². The van der Waals surface area contributed by atoms with Crippen LogP contribution in [0, 0.1) is 5.92 Å². The molecule has 4 nitrogen and oxygen atoms in total. The Hall–Kier alpha value is -0.233. The molecule has 2 unspecified atom stereocenters. The van der Waals surface area contributed by atoms with Gasteiger partial charge in [0.25, 0.3) is 0 Å². The van der Waals surface area contributed by atoms with Gasteiger partial charge in [-0.3, -0.25) is 4.79 Å². The first-order chi connectivity index (χ1) is 8.53. The van der Waals surface area contributed by atoms with Crippen molar-refractivity contribution in [1.82, 2.24) is 0 Å². The second-order valence-electron chi connectivity index (χ2n) is 5.06. The summed E-state index contributed by atoms with van der Waals surface area (Å²) in [6.07, 6.45) is 3.64. The van der Waals surface area contributed by atoms with Crippen LogP contribution < -0.4 is 0 Å². The molecule has 5 heteroatoms. The zero-order chi connectivity index (χ0) is 13.8. The Morgan fingerprint density at radius 3 is 2.33 bits per heavy atom. The van der Waals surface area contributed by atoms with Crippen molar-refractivity contribution < 1.29 is 18.4 Å². The van der Waals surface area contributed by atoms with E-state index in [1.54, 1.807) is 28.3 Å². The smallest absolute Gasteiger partial charge is 0.371 e. The molecule has 0 bridgehead atoms. The van der Waals surface area contributed by atoms with Gasteiger partial charge in [0.2, 0.25) is 0 Å². The van der Waals surface area contributed by atoms with Crippen LogP contribution in [-0.4, -0.2) is 40.9 Å². The number of ether oxygens (including phenoxy) is 1. The highest BCUT2D eigenvalue weighted by Crippen LogP contribution is 2.46. The SMILES string of the molecule is CCCC1(OC)C(C(C)=O)CCC[Si]1(OC)OC. The van der Waals surface area contributed by atoms with E-state index in [0.29, 0.717) is 0 Å². The molecule has 0 aliphatic carbocycles. The van der Waals surface area contributed by atoms with E-state index in [1.807, 2.05) is 0 Å². The summed E-state index contributed by atoms with van der Waals surface area (Å²) in [7, 11) is 2.58. The summed E-state index contributed by atoms with van der Waals surface area (Å²) in [6, 6.07) is 0.900. The molecule has 0 radical (unpaired) electrons. The van der Waals surface area contributed by atoms with Gasteiger partial charge in [-0.25, -0.2) is 0 Å². The number of methoxy groups -OCH3 is 1. The normalized spacial score (nSPS) is 31.3. The molecule has 1 aliphatic heterocycles. The quantitative estimate of drug-likeness (QED) is 0.698. The van der Waals surface area contributed by atoms with E-state index in [-0.39, 0.29) is 11.7 Å². The topological polar surface area (TPSA) is 44.8 Å². The molecule has 1 rings (SSSR count). The van der Waals surface area contributed by atoms with E-state index < -0.39 is 13.8 Å². The van der Waals surface area contributed by atoms with Crippen LogP contribution in [0.1, 0.15) is 39.5 Å². The Balaban J connectivity index is 3.26. The van der Waals surface area contributed by atoms with E-state index in [1.165, 1.54) is 0 Å². The maximum atomic E-state index is 12.0. The van der Waals surface area contributed by atoms with Crippen molar-refractivity contribution in [1.29, 1.82) is 0 Å². The lowest BCUT2D eigenvalue weighted by Gasteiger charge is -2.51. The Kier molecular flexibility index (Phi) is 5.52. The van der Waals surface area contributed by atoms with Crippen LogP contribution in [0.3, 0.4) is 0 Å². The average molecular weight is 274 g/mol. The Labute approximate surface area is 111 Å². The molecule has 2 atom stereocenters. The molecular weight excluding hydrogens is 248 g/mol. The van der Waals surface area contributed by atoms with Crippen LogP contribution in [0.5, 0.6) is 0 Å². The Morgan fingerprint density at radius 1 is 1.33 bits per heavy atom. The summed E-state index contributed by atoms with van der Waals surface area (Å²) >= 11 is 0. The molecule has 0 spiro atoms. The van der Waals surface area contributed by atoms with Gasteiger partial charge < -0.3 is 13.6 Å². The molecule has 0 aromatic heterocycles. The van der Waals surface area contributed by atoms with Crippen molar-refractivity contribution in [2.24, 2.45) is 5.92 Å². The highest BCUT2D eigenvalue weighted by Gasteiger charge is 2.63. The first kappa shape index (κ1) is 15.8. The van der Waals surface area contributed by atoms with Gasteiger partial charge in [-0.15, -0.1) is 0 Å². The average Bonchev–Trinajstić information content (AvgIpc) is 2.38. The number of carbonyl (C=O) groups excluding carboxylic acids is 1. The molecule has 1 aliphatic rings. The molecule has 0 amide bonds. The van der Waals surface area contributed by atoms with Gasteiger partial charge in [-0.2, -0.15) is 0 Å². The van der Waals surface area contributed by atoms with Gasteiger partial charge in [-0.05, 0) is 25.8 Å². The van der Waals surface area contributed by atoms with Crippen LogP contribution in [0.2, 0.25) is 6.04 Å². The van der Waals surface area contributed by atoms with Crippen molar-refractivity contribution in [2.45, 2.75) is 50.8 Å². The van der Waals surface area contributed by atoms with Crippen molar-refractivity contribution >= 4 is 14.3 Å². The van der Waals surface area contributed by atoms with Crippen LogP contribution in [0.15, 0.2) is 0 Å². The summed E-state index contributed by atoms with van der Waals surface area (Å²) in [6.45, 7) is 3.76. The third-order valence-corrected chi connectivity index (χ3v) is 8.77. The van der Waals surface area contributed by atoms with Crippen molar-refractivity contribution in [3.63, 3.8) is 0 Å². The second kappa shape index (κ2) is 6.28. The number of carbonyl (C=O) groups is 1. The molecule has 1 saturated heterocycles. The summed E-state index contributed by atoms with van der Waals surface area (Å²) in [4.78, 5) is 12.0. The molecule has 0 aromatic rings. The number of rotatable bonds is 6. The van der Waals surface area contributed by atoms with Crippen LogP contribution >= 0.6 is 0 Å². The van der Waals surface area contributed by atoms with E-state index in [4.69, 9.17) is 13.6 Å². The van der Waals surface area contributed by atoms with Crippen molar-refractivity contribution in [3.05, 3.63) is 0 Å². The van der Waals surface area contributed by atoms with E-state index in [0.717, 1.165) is 31.7 Å². The molecule has 0 saturated carbocycles. The molecule has 18 heavy (non-hydrogen) atoms. The van der Waals surface area contributed by atoms with Gasteiger partial charge in [0, 0.05) is 27.2 Å². The second-order valence-corrected chi connectivity index (χ2v) is 8.73. The van der Waals surface area contributed by atoms with Gasteiger partial charge in [0.15, 0.2) is 0 Å². The largest absolute Gasteiger partial charge is 0.396 e. The fraction of sp³-hybridized carbons (Fsp3) is 0.923. The number of Topliss-reactive ketones (excluding diaryl/α,β-unsaturated/α-hetero) is 1. The highest BCUT2D eigenvalue weighted by atomic mass is 28.4. The molecule has 0 N–H and O–H groups in total. The minimum absolute atomic E-state index is 0.0947. The Bertz CT molecular complexity index is 291. The summed E-state index contributed by atoms with van der Waals surface area (Å²) in [5.41, 5.74) is 0. The highest BCUT2D eigenvalue weighted by molar-refractivity contribution is 6.71. The molecule has 0 aromatic carbocycles. The van der Waals surface area contributed by atoms with Crippen molar-refractivity contribution in [3.8, 4) is 0 Å². The zero-order valence-corrected chi connectivity index (χ0v) is 13.2.